The molecule has 3 N–H and O–H groups in total. The van der Waals surface area contributed by atoms with Crippen molar-refractivity contribution in [3.05, 3.63) is 0 Å². The predicted octanol–water partition coefficient (Wildman–Crippen LogP) is 0.960. The van der Waals surface area contributed by atoms with E-state index in [9.17, 15) is 4.79 Å². The summed E-state index contributed by atoms with van der Waals surface area (Å²) in [6, 6.07) is -0.266. The Morgan fingerprint density at radius 3 is 2.35 bits per heavy atom. The summed E-state index contributed by atoms with van der Waals surface area (Å²) in [6.45, 7) is 11.3. The average molecular weight is 241 g/mol. The Balaban J connectivity index is 2.34. The molecule has 1 rings (SSSR count). The molecule has 100 valence electrons. The van der Waals surface area contributed by atoms with E-state index in [4.69, 9.17) is 5.73 Å². The molecule has 0 radical (unpaired) electrons. The Kier molecular flexibility index (Phi) is 4.95. The number of carbonyl (C=O) groups is 1. The second-order valence-electron chi connectivity index (χ2n) is 6.26. The number of nitrogens with zero attached hydrogens (tertiary/aromatic N) is 1. The van der Waals surface area contributed by atoms with E-state index in [0.29, 0.717) is 0 Å². The Morgan fingerprint density at radius 2 is 1.88 bits per heavy atom. The van der Waals surface area contributed by atoms with Crippen LogP contribution in [0.2, 0.25) is 0 Å². The summed E-state index contributed by atoms with van der Waals surface area (Å²) in [4.78, 5) is 14.3. The first-order valence-electron chi connectivity index (χ1n) is 6.59. The number of amides is 1. The van der Waals surface area contributed by atoms with Crippen LogP contribution < -0.4 is 11.1 Å². The maximum Gasteiger partial charge on any atom is 0.237 e. The van der Waals surface area contributed by atoms with Crippen LogP contribution >= 0.6 is 0 Å². The summed E-state index contributed by atoms with van der Waals surface area (Å²) in [6.07, 6.45) is 2.56. The summed E-state index contributed by atoms with van der Waals surface area (Å²) < 4.78 is 0. The number of hydrogen-bond donors (Lipinski definition) is 2. The van der Waals surface area contributed by atoms with Crippen molar-refractivity contribution in [2.24, 2.45) is 11.1 Å². The monoisotopic (exact) mass is 241 g/mol. The van der Waals surface area contributed by atoms with Crippen LogP contribution in [0.1, 0.15) is 40.5 Å². The van der Waals surface area contributed by atoms with Gasteiger partial charge in [-0.2, -0.15) is 0 Å². The first-order valence-corrected chi connectivity index (χ1v) is 6.59. The standard InChI is InChI=1S/C13H27N3O/c1-10(9-16-7-5-6-8-16)15-12(17)11(14)13(2,3)4/h10-11H,5-9,14H2,1-4H3,(H,15,17)/t10?,11-/m0/s1. The van der Waals surface area contributed by atoms with Crippen molar-refractivity contribution in [1.29, 1.82) is 0 Å². The number of carbonyl (C=O) groups excluding carboxylic acids is 1. The number of likely N-dealkylation sites (tertiary alicyclic amines) is 1. The third kappa shape index (κ3) is 4.64. The zero-order chi connectivity index (χ0) is 13.1. The summed E-state index contributed by atoms with van der Waals surface area (Å²) >= 11 is 0. The molecular formula is C13H27N3O. The maximum atomic E-state index is 11.9. The smallest absolute Gasteiger partial charge is 0.237 e. The fraction of sp³-hybridized carbons (Fsp3) is 0.923. The molecule has 1 amide bonds. The Morgan fingerprint density at radius 1 is 1.35 bits per heavy atom. The average Bonchev–Trinajstić information content (AvgIpc) is 2.67. The minimum atomic E-state index is -0.441. The summed E-state index contributed by atoms with van der Waals surface area (Å²) in [5, 5.41) is 3.01. The maximum absolute atomic E-state index is 11.9. The molecule has 1 aliphatic heterocycles. The normalized spacial score (nSPS) is 21.2. The van der Waals surface area contributed by atoms with Gasteiger partial charge in [-0.05, 0) is 38.3 Å². The summed E-state index contributed by atoms with van der Waals surface area (Å²) in [5.41, 5.74) is 5.74. The Labute approximate surface area is 105 Å². The van der Waals surface area contributed by atoms with Crippen molar-refractivity contribution in [3.63, 3.8) is 0 Å². The van der Waals surface area contributed by atoms with Gasteiger partial charge in [0.05, 0.1) is 6.04 Å². The molecule has 0 spiro atoms. The number of nitrogens with two attached hydrogens (primary N) is 1. The molecule has 0 aromatic heterocycles. The quantitative estimate of drug-likeness (QED) is 0.771. The molecule has 1 heterocycles. The van der Waals surface area contributed by atoms with Crippen molar-refractivity contribution in [2.75, 3.05) is 19.6 Å². The van der Waals surface area contributed by atoms with E-state index in [1.807, 2.05) is 27.7 Å². The second kappa shape index (κ2) is 5.83. The van der Waals surface area contributed by atoms with E-state index < -0.39 is 6.04 Å². The van der Waals surface area contributed by atoms with Crippen molar-refractivity contribution in [2.45, 2.75) is 52.6 Å². The molecule has 0 aromatic carbocycles. The lowest BCUT2D eigenvalue weighted by atomic mass is 9.87. The van der Waals surface area contributed by atoms with Gasteiger partial charge in [0.1, 0.15) is 0 Å². The third-order valence-electron chi connectivity index (χ3n) is 3.33. The highest BCUT2D eigenvalue weighted by Crippen LogP contribution is 2.17. The minimum absolute atomic E-state index is 0.0378. The lowest BCUT2D eigenvalue weighted by Gasteiger charge is -2.28. The van der Waals surface area contributed by atoms with Crippen LogP contribution in [0.3, 0.4) is 0 Å². The molecule has 1 unspecified atom stereocenters. The van der Waals surface area contributed by atoms with Gasteiger partial charge < -0.3 is 16.0 Å². The lowest BCUT2D eigenvalue weighted by Crippen LogP contribution is -2.52. The molecule has 17 heavy (non-hydrogen) atoms. The second-order valence-corrected chi connectivity index (χ2v) is 6.26. The van der Waals surface area contributed by atoms with Crippen LogP contribution in [0.5, 0.6) is 0 Å². The molecule has 0 aliphatic carbocycles. The molecule has 4 heteroatoms. The molecule has 1 saturated heterocycles. The highest BCUT2D eigenvalue weighted by Gasteiger charge is 2.28. The van der Waals surface area contributed by atoms with Crippen molar-refractivity contribution < 1.29 is 4.79 Å². The fourth-order valence-electron chi connectivity index (χ4n) is 2.12. The molecule has 0 bridgehead atoms. The van der Waals surface area contributed by atoms with Crippen LogP contribution in [0.4, 0.5) is 0 Å². The van der Waals surface area contributed by atoms with E-state index in [0.717, 1.165) is 19.6 Å². The first-order chi connectivity index (χ1) is 7.80. The zero-order valence-electron chi connectivity index (χ0n) is 11.6. The van der Waals surface area contributed by atoms with Gasteiger partial charge in [-0.3, -0.25) is 4.79 Å². The van der Waals surface area contributed by atoms with Crippen LogP contribution in [-0.4, -0.2) is 42.5 Å². The van der Waals surface area contributed by atoms with Crippen LogP contribution in [0, 0.1) is 5.41 Å². The van der Waals surface area contributed by atoms with E-state index in [2.05, 4.69) is 10.2 Å². The molecule has 2 atom stereocenters. The van der Waals surface area contributed by atoms with Gasteiger partial charge in [-0.1, -0.05) is 20.8 Å². The molecule has 0 saturated carbocycles. The topological polar surface area (TPSA) is 58.4 Å². The lowest BCUT2D eigenvalue weighted by molar-refractivity contribution is -0.125. The predicted molar refractivity (Wildman–Crippen MR) is 70.7 cm³/mol. The van der Waals surface area contributed by atoms with Gasteiger partial charge in [0.2, 0.25) is 5.91 Å². The van der Waals surface area contributed by atoms with Crippen LogP contribution in [0.25, 0.3) is 0 Å². The van der Waals surface area contributed by atoms with E-state index in [1.165, 1.54) is 12.8 Å². The van der Waals surface area contributed by atoms with Gasteiger partial charge >= 0.3 is 0 Å². The Bertz CT molecular complexity index is 254. The van der Waals surface area contributed by atoms with Crippen LogP contribution in [0.15, 0.2) is 0 Å². The molecule has 1 aliphatic rings. The molecule has 1 fully saturated rings. The van der Waals surface area contributed by atoms with Crippen molar-refractivity contribution in [1.82, 2.24) is 10.2 Å². The van der Waals surface area contributed by atoms with Crippen LogP contribution in [-0.2, 0) is 4.79 Å². The van der Waals surface area contributed by atoms with Crippen molar-refractivity contribution >= 4 is 5.91 Å². The SMILES string of the molecule is CC(CN1CCCC1)NC(=O)[C@H](N)C(C)(C)C. The number of hydrogen-bond acceptors (Lipinski definition) is 3. The first kappa shape index (κ1) is 14.5. The van der Waals surface area contributed by atoms with Gasteiger partial charge in [0, 0.05) is 12.6 Å². The summed E-state index contributed by atoms with van der Waals surface area (Å²) in [5.74, 6) is -0.0378. The van der Waals surface area contributed by atoms with Gasteiger partial charge in [0.25, 0.3) is 0 Å². The number of rotatable bonds is 4. The molecular weight excluding hydrogens is 214 g/mol. The zero-order valence-corrected chi connectivity index (χ0v) is 11.6. The number of nitrogens with one attached hydrogen (secondary N) is 1. The fourth-order valence-corrected chi connectivity index (χ4v) is 2.12. The van der Waals surface area contributed by atoms with Gasteiger partial charge in [-0.25, -0.2) is 0 Å². The molecule has 0 aromatic rings. The van der Waals surface area contributed by atoms with E-state index >= 15 is 0 Å². The molecule has 4 nitrogen and oxygen atoms in total. The third-order valence-corrected chi connectivity index (χ3v) is 3.33. The Hall–Kier alpha value is -0.610. The highest BCUT2D eigenvalue weighted by atomic mass is 16.2. The minimum Gasteiger partial charge on any atom is -0.351 e. The highest BCUT2D eigenvalue weighted by molar-refractivity contribution is 5.82. The largest absolute Gasteiger partial charge is 0.351 e. The van der Waals surface area contributed by atoms with Gasteiger partial charge in [-0.15, -0.1) is 0 Å². The van der Waals surface area contributed by atoms with E-state index in [-0.39, 0.29) is 17.4 Å². The van der Waals surface area contributed by atoms with E-state index in [1.54, 1.807) is 0 Å². The van der Waals surface area contributed by atoms with Gasteiger partial charge in [0.15, 0.2) is 0 Å². The van der Waals surface area contributed by atoms with Crippen molar-refractivity contribution in [3.8, 4) is 0 Å². The summed E-state index contributed by atoms with van der Waals surface area (Å²) in [7, 11) is 0.